The van der Waals surface area contributed by atoms with Crippen molar-refractivity contribution in [1.82, 2.24) is 4.90 Å². The van der Waals surface area contributed by atoms with Crippen LogP contribution in [0.2, 0.25) is 0 Å². The lowest BCUT2D eigenvalue weighted by molar-refractivity contribution is 0.0141. The van der Waals surface area contributed by atoms with E-state index in [-0.39, 0.29) is 0 Å². The van der Waals surface area contributed by atoms with E-state index in [1.807, 2.05) is 13.0 Å². The lowest BCUT2D eigenvalue weighted by Crippen LogP contribution is -2.36. The highest BCUT2D eigenvalue weighted by Crippen LogP contribution is 2.33. The fourth-order valence-electron chi connectivity index (χ4n) is 3.00. The normalized spacial score (nSPS) is 30.1. The van der Waals surface area contributed by atoms with Gasteiger partial charge < -0.3 is 5.11 Å². The number of aliphatic hydroxyl groups is 1. The Kier molecular flexibility index (Phi) is 3.55. The van der Waals surface area contributed by atoms with Gasteiger partial charge in [0.2, 0.25) is 0 Å². The maximum Gasteiger partial charge on any atom is 0.0788 e. The molecule has 0 radical (unpaired) electrons. The second-order valence-corrected chi connectivity index (χ2v) is 5.86. The molecule has 1 fully saturated rings. The number of hydrogen-bond donors (Lipinski definition) is 1. The first-order valence-corrected chi connectivity index (χ1v) is 6.48. The van der Waals surface area contributed by atoms with Crippen molar-refractivity contribution in [3.05, 3.63) is 35.9 Å². The Morgan fingerprint density at radius 2 is 2.00 bits per heavy atom. The van der Waals surface area contributed by atoms with E-state index >= 15 is 0 Å². The molecule has 1 saturated heterocycles. The molecule has 1 aromatic carbocycles. The third kappa shape index (κ3) is 2.88. The molecule has 0 saturated carbocycles. The van der Waals surface area contributed by atoms with Crippen molar-refractivity contribution >= 4 is 0 Å². The summed E-state index contributed by atoms with van der Waals surface area (Å²) in [6.07, 6.45) is 0. The summed E-state index contributed by atoms with van der Waals surface area (Å²) in [6, 6.07) is 10.5. The van der Waals surface area contributed by atoms with E-state index in [0.717, 1.165) is 19.6 Å². The average Bonchev–Trinajstić information content (AvgIpc) is 2.55. The first-order chi connectivity index (χ1) is 7.99. The highest BCUT2D eigenvalue weighted by Gasteiger charge is 2.42. The van der Waals surface area contributed by atoms with Gasteiger partial charge in [0.25, 0.3) is 0 Å². The average molecular weight is 233 g/mol. The van der Waals surface area contributed by atoms with Crippen LogP contribution in [0.1, 0.15) is 26.3 Å². The van der Waals surface area contributed by atoms with Crippen molar-refractivity contribution in [2.45, 2.75) is 32.9 Å². The maximum atomic E-state index is 10.4. The lowest BCUT2D eigenvalue weighted by Gasteiger charge is -2.27. The van der Waals surface area contributed by atoms with E-state index in [0.29, 0.717) is 11.8 Å². The molecular weight excluding hydrogens is 210 g/mol. The lowest BCUT2D eigenvalue weighted by atomic mass is 9.84. The summed E-state index contributed by atoms with van der Waals surface area (Å²) in [7, 11) is 0. The van der Waals surface area contributed by atoms with Gasteiger partial charge in [0.1, 0.15) is 0 Å². The fourth-order valence-corrected chi connectivity index (χ4v) is 3.00. The molecule has 0 amide bonds. The smallest absolute Gasteiger partial charge is 0.0788 e. The van der Waals surface area contributed by atoms with Gasteiger partial charge in [-0.2, -0.15) is 0 Å². The van der Waals surface area contributed by atoms with E-state index in [1.165, 1.54) is 5.56 Å². The summed E-state index contributed by atoms with van der Waals surface area (Å²) in [5, 5.41) is 10.4. The molecule has 0 bridgehead atoms. The van der Waals surface area contributed by atoms with Crippen molar-refractivity contribution in [1.29, 1.82) is 0 Å². The maximum absolute atomic E-state index is 10.4. The van der Waals surface area contributed by atoms with E-state index in [9.17, 15) is 5.11 Å². The van der Waals surface area contributed by atoms with Crippen LogP contribution in [-0.2, 0) is 6.54 Å². The van der Waals surface area contributed by atoms with Gasteiger partial charge in [0.05, 0.1) is 5.60 Å². The summed E-state index contributed by atoms with van der Waals surface area (Å²) in [5.74, 6) is 0.914. The molecule has 17 heavy (non-hydrogen) atoms. The Balaban J connectivity index is 2.02. The molecule has 1 aliphatic heterocycles. The van der Waals surface area contributed by atoms with Crippen LogP contribution in [-0.4, -0.2) is 28.7 Å². The number of rotatable bonds is 3. The third-order valence-electron chi connectivity index (χ3n) is 3.85. The highest BCUT2D eigenvalue weighted by atomic mass is 16.3. The molecule has 94 valence electrons. The van der Waals surface area contributed by atoms with Crippen LogP contribution >= 0.6 is 0 Å². The Morgan fingerprint density at radius 1 is 1.35 bits per heavy atom. The van der Waals surface area contributed by atoms with Crippen molar-refractivity contribution < 1.29 is 5.11 Å². The molecule has 1 N–H and O–H groups in total. The predicted octanol–water partition coefficient (Wildman–Crippen LogP) is 2.53. The molecule has 2 nitrogen and oxygen atoms in total. The molecule has 1 aliphatic rings. The molecule has 2 unspecified atom stereocenters. The Labute approximate surface area is 104 Å². The Morgan fingerprint density at radius 3 is 2.53 bits per heavy atom. The van der Waals surface area contributed by atoms with Crippen LogP contribution in [0.25, 0.3) is 0 Å². The van der Waals surface area contributed by atoms with Gasteiger partial charge in [-0.15, -0.1) is 0 Å². The molecule has 0 aromatic heterocycles. The minimum absolute atomic E-state index is 0.381. The molecule has 0 spiro atoms. The van der Waals surface area contributed by atoms with Crippen LogP contribution in [0.5, 0.6) is 0 Å². The monoisotopic (exact) mass is 233 g/mol. The van der Waals surface area contributed by atoms with Gasteiger partial charge in [-0.1, -0.05) is 44.2 Å². The second kappa shape index (κ2) is 4.79. The topological polar surface area (TPSA) is 23.5 Å². The number of hydrogen-bond acceptors (Lipinski definition) is 2. The van der Waals surface area contributed by atoms with Crippen LogP contribution in [0.3, 0.4) is 0 Å². The Hall–Kier alpha value is -0.860. The molecular formula is C15H23NO. The number of benzene rings is 1. The van der Waals surface area contributed by atoms with E-state index < -0.39 is 5.60 Å². The number of likely N-dealkylation sites (tertiary alicyclic amines) is 1. The zero-order chi connectivity index (χ0) is 12.5. The van der Waals surface area contributed by atoms with E-state index in [2.05, 4.69) is 43.0 Å². The van der Waals surface area contributed by atoms with Crippen LogP contribution in [0.15, 0.2) is 30.3 Å². The fraction of sp³-hybridized carbons (Fsp3) is 0.600. The molecule has 1 aromatic rings. The summed E-state index contributed by atoms with van der Waals surface area (Å²) >= 11 is 0. The van der Waals surface area contributed by atoms with E-state index in [1.54, 1.807) is 0 Å². The minimum Gasteiger partial charge on any atom is -0.388 e. The molecule has 2 heteroatoms. The first kappa shape index (κ1) is 12.6. The number of nitrogens with zero attached hydrogens (tertiary/aromatic N) is 1. The van der Waals surface area contributed by atoms with Gasteiger partial charge in [-0.25, -0.2) is 0 Å². The van der Waals surface area contributed by atoms with Crippen molar-refractivity contribution in [2.24, 2.45) is 11.8 Å². The Bertz CT molecular complexity index is 358. The third-order valence-corrected chi connectivity index (χ3v) is 3.85. The summed E-state index contributed by atoms with van der Waals surface area (Å²) in [6.45, 7) is 9.10. The minimum atomic E-state index is -0.539. The standard InChI is InChI=1S/C15H23NO/c1-12(2)14-10-16(11-15(14,3)17)9-13-7-5-4-6-8-13/h4-8,12,14,17H,9-11H2,1-3H3. The van der Waals surface area contributed by atoms with Gasteiger partial charge in [0.15, 0.2) is 0 Å². The van der Waals surface area contributed by atoms with Crippen molar-refractivity contribution in [2.75, 3.05) is 13.1 Å². The quantitative estimate of drug-likeness (QED) is 0.867. The van der Waals surface area contributed by atoms with Crippen LogP contribution in [0, 0.1) is 11.8 Å². The van der Waals surface area contributed by atoms with Gasteiger partial charge in [-0.05, 0) is 18.4 Å². The summed E-state index contributed by atoms with van der Waals surface area (Å²) in [4.78, 5) is 2.36. The van der Waals surface area contributed by atoms with E-state index in [4.69, 9.17) is 0 Å². The predicted molar refractivity (Wildman–Crippen MR) is 70.7 cm³/mol. The molecule has 2 rings (SSSR count). The largest absolute Gasteiger partial charge is 0.388 e. The van der Waals surface area contributed by atoms with Gasteiger partial charge in [-0.3, -0.25) is 4.90 Å². The SMILES string of the molecule is CC(C)C1CN(Cc2ccccc2)CC1(C)O. The molecule has 0 aliphatic carbocycles. The van der Waals surface area contributed by atoms with Gasteiger partial charge in [0, 0.05) is 25.6 Å². The zero-order valence-corrected chi connectivity index (χ0v) is 11.1. The zero-order valence-electron chi connectivity index (χ0n) is 11.1. The number of β-amino-alcohol motifs (C(OH)–C–C–N with tert-alkyl or cyclic N) is 1. The highest BCUT2D eigenvalue weighted by molar-refractivity contribution is 5.15. The molecule has 2 atom stereocenters. The van der Waals surface area contributed by atoms with Crippen molar-refractivity contribution in [3.8, 4) is 0 Å². The first-order valence-electron chi connectivity index (χ1n) is 6.48. The van der Waals surface area contributed by atoms with Crippen LogP contribution in [0.4, 0.5) is 0 Å². The molecule has 1 heterocycles. The summed E-state index contributed by atoms with van der Waals surface area (Å²) in [5.41, 5.74) is 0.788. The van der Waals surface area contributed by atoms with Gasteiger partial charge >= 0.3 is 0 Å². The summed E-state index contributed by atoms with van der Waals surface area (Å²) < 4.78 is 0. The van der Waals surface area contributed by atoms with Crippen LogP contribution < -0.4 is 0 Å². The van der Waals surface area contributed by atoms with Crippen molar-refractivity contribution in [3.63, 3.8) is 0 Å². The second-order valence-electron chi connectivity index (χ2n) is 5.86.